The molecule has 2 aromatic heterocycles. The van der Waals surface area contributed by atoms with Crippen LogP contribution in [0, 0.1) is 13.8 Å². The van der Waals surface area contributed by atoms with Crippen LogP contribution in [0.3, 0.4) is 0 Å². The van der Waals surface area contributed by atoms with Crippen LogP contribution < -0.4 is 10.9 Å². The van der Waals surface area contributed by atoms with E-state index in [0.717, 1.165) is 40.8 Å². The van der Waals surface area contributed by atoms with Gasteiger partial charge < -0.3 is 10.3 Å². The maximum Gasteiger partial charge on any atom is 0.260 e. The van der Waals surface area contributed by atoms with Gasteiger partial charge in [0.25, 0.3) is 5.56 Å². The van der Waals surface area contributed by atoms with Crippen molar-refractivity contribution in [2.24, 2.45) is 0 Å². The van der Waals surface area contributed by atoms with Crippen molar-refractivity contribution >= 4 is 44.9 Å². The molecule has 0 aliphatic heterocycles. The zero-order valence-electron chi connectivity index (χ0n) is 19.5. The van der Waals surface area contributed by atoms with Crippen molar-refractivity contribution in [2.75, 3.05) is 5.32 Å². The minimum Gasteiger partial charge on any atom is -0.325 e. The number of nitrogens with zero attached hydrogens (tertiary/aromatic N) is 1. The Bertz CT molecular complexity index is 1450. The van der Waals surface area contributed by atoms with Crippen molar-refractivity contribution in [1.82, 2.24) is 9.97 Å². The van der Waals surface area contributed by atoms with Crippen LogP contribution in [0.15, 0.2) is 51.7 Å². The summed E-state index contributed by atoms with van der Waals surface area (Å²) in [5.41, 5.74) is 7.56. The van der Waals surface area contributed by atoms with Gasteiger partial charge in [-0.15, -0.1) is 11.3 Å². The number of amides is 1. The van der Waals surface area contributed by atoms with Crippen LogP contribution in [0.4, 0.5) is 5.69 Å². The predicted molar refractivity (Wildman–Crippen MR) is 142 cm³/mol. The minimum atomic E-state index is -0.416. The topological polar surface area (TPSA) is 74.8 Å². The summed E-state index contributed by atoms with van der Waals surface area (Å²) in [6.07, 6.45) is 4.71. The van der Waals surface area contributed by atoms with E-state index in [2.05, 4.69) is 33.5 Å². The molecule has 0 fully saturated rings. The van der Waals surface area contributed by atoms with Crippen molar-refractivity contribution in [2.45, 2.75) is 56.9 Å². The van der Waals surface area contributed by atoms with Gasteiger partial charge in [-0.1, -0.05) is 42.1 Å². The highest BCUT2D eigenvalue weighted by Crippen LogP contribution is 2.34. The largest absolute Gasteiger partial charge is 0.325 e. The number of carbonyl (C=O) groups is 1. The van der Waals surface area contributed by atoms with Gasteiger partial charge in [0, 0.05) is 16.6 Å². The van der Waals surface area contributed by atoms with E-state index < -0.39 is 5.25 Å². The molecule has 2 aromatic carbocycles. The number of aromatic nitrogens is 2. The molecular weight excluding hydrogens is 462 g/mol. The standard InChI is InChI=1S/C27H27N3O2S2/c1-15-8-9-16(2)22(12-15)28-24(31)17(3)34-27-29-25(32)23-21(14-33-26(23)30-27)20-11-10-18-6-4-5-7-19(18)13-20/h8-14,17H,4-7H2,1-3H3,(H,28,31)(H,29,30,32). The summed E-state index contributed by atoms with van der Waals surface area (Å²) in [4.78, 5) is 34.1. The third-order valence-corrected chi connectivity index (χ3v) is 8.25. The van der Waals surface area contributed by atoms with Gasteiger partial charge in [0.05, 0.1) is 10.6 Å². The third-order valence-electron chi connectivity index (χ3n) is 6.39. The van der Waals surface area contributed by atoms with Crippen LogP contribution in [0.25, 0.3) is 21.3 Å². The van der Waals surface area contributed by atoms with E-state index in [1.54, 1.807) is 0 Å². The summed E-state index contributed by atoms with van der Waals surface area (Å²) < 4.78 is 0. The number of thioether (sulfide) groups is 1. The molecule has 5 rings (SSSR count). The molecule has 5 nitrogen and oxygen atoms in total. The first kappa shape index (κ1) is 22.9. The van der Waals surface area contributed by atoms with E-state index in [0.29, 0.717) is 15.4 Å². The first-order valence-electron chi connectivity index (χ1n) is 11.6. The van der Waals surface area contributed by atoms with Crippen LogP contribution in [-0.4, -0.2) is 21.1 Å². The van der Waals surface area contributed by atoms with Crippen molar-refractivity contribution in [3.05, 3.63) is 74.4 Å². The second-order valence-electron chi connectivity index (χ2n) is 8.96. The molecule has 1 unspecified atom stereocenters. The Morgan fingerprint density at radius 3 is 2.74 bits per heavy atom. The summed E-state index contributed by atoms with van der Waals surface area (Å²) in [5.74, 6) is -0.123. The Hall–Kier alpha value is -2.90. The lowest BCUT2D eigenvalue weighted by atomic mass is 9.89. The molecule has 0 saturated carbocycles. The normalized spacial score (nSPS) is 14.1. The maximum atomic E-state index is 13.1. The Morgan fingerprint density at radius 1 is 1.12 bits per heavy atom. The molecule has 1 aliphatic carbocycles. The number of H-pyrrole nitrogens is 1. The average Bonchev–Trinajstić information content (AvgIpc) is 3.25. The fourth-order valence-electron chi connectivity index (χ4n) is 4.42. The molecule has 0 spiro atoms. The number of fused-ring (bicyclic) bond motifs is 2. The molecule has 174 valence electrons. The lowest BCUT2D eigenvalue weighted by Gasteiger charge is -2.16. The molecule has 2 heterocycles. The molecule has 0 radical (unpaired) electrons. The highest BCUT2D eigenvalue weighted by atomic mass is 32.2. The molecule has 0 bridgehead atoms. The molecule has 1 amide bonds. The summed E-state index contributed by atoms with van der Waals surface area (Å²) in [7, 11) is 0. The van der Waals surface area contributed by atoms with E-state index in [1.807, 2.05) is 44.4 Å². The quantitative estimate of drug-likeness (QED) is 0.256. The Balaban J connectivity index is 1.38. The molecule has 1 aliphatic rings. The minimum absolute atomic E-state index is 0.123. The number of aryl methyl sites for hydroxylation is 4. The highest BCUT2D eigenvalue weighted by Gasteiger charge is 2.20. The summed E-state index contributed by atoms with van der Waals surface area (Å²) >= 11 is 2.73. The van der Waals surface area contributed by atoms with Gasteiger partial charge in [0.1, 0.15) is 4.83 Å². The second-order valence-corrected chi connectivity index (χ2v) is 11.1. The zero-order valence-corrected chi connectivity index (χ0v) is 21.2. The van der Waals surface area contributed by atoms with Gasteiger partial charge in [-0.05, 0) is 80.3 Å². The number of carbonyl (C=O) groups excluding carboxylic acids is 1. The molecule has 7 heteroatoms. The van der Waals surface area contributed by atoms with E-state index in [4.69, 9.17) is 0 Å². The van der Waals surface area contributed by atoms with Crippen molar-refractivity contribution in [3.63, 3.8) is 0 Å². The second kappa shape index (κ2) is 9.39. The molecule has 4 aromatic rings. The smallest absolute Gasteiger partial charge is 0.260 e. The number of hydrogen-bond acceptors (Lipinski definition) is 5. The average molecular weight is 490 g/mol. The maximum absolute atomic E-state index is 13.1. The van der Waals surface area contributed by atoms with E-state index in [9.17, 15) is 9.59 Å². The number of anilines is 1. The highest BCUT2D eigenvalue weighted by molar-refractivity contribution is 8.00. The number of aromatic amines is 1. The van der Waals surface area contributed by atoms with Crippen LogP contribution in [-0.2, 0) is 17.6 Å². The molecule has 34 heavy (non-hydrogen) atoms. The summed E-state index contributed by atoms with van der Waals surface area (Å²) in [5, 5.41) is 5.68. The first-order chi connectivity index (χ1) is 16.4. The number of benzene rings is 2. The van der Waals surface area contributed by atoms with Gasteiger partial charge in [-0.25, -0.2) is 4.98 Å². The van der Waals surface area contributed by atoms with Crippen LogP contribution >= 0.6 is 23.1 Å². The Morgan fingerprint density at radius 2 is 1.91 bits per heavy atom. The lowest BCUT2D eigenvalue weighted by molar-refractivity contribution is -0.115. The van der Waals surface area contributed by atoms with Gasteiger partial charge in [0.2, 0.25) is 5.91 Å². The van der Waals surface area contributed by atoms with Gasteiger partial charge in [-0.3, -0.25) is 9.59 Å². The fraction of sp³-hybridized carbons (Fsp3) is 0.296. The van der Waals surface area contributed by atoms with Crippen molar-refractivity contribution in [3.8, 4) is 11.1 Å². The molecular formula is C27H27N3O2S2. The fourth-order valence-corrected chi connectivity index (χ4v) is 6.23. The van der Waals surface area contributed by atoms with Crippen molar-refractivity contribution < 1.29 is 4.79 Å². The van der Waals surface area contributed by atoms with Crippen LogP contribution in [0.1, 0.15) is 42.0 Å². The molecule has 2 N–H and O–H groups in total. The Kier molecular flexibility index (Phi) is 6.32. The van der Waals surface area contributed by atoms with E-state index in [-0.39, 0.29) is 11.5 Å². The number of nitrogens with one attached hydrogen (secondary N) is 2. The zero-order chi connectivity index (χ0) is 23.8. The summed E-state index contributed by atoms with van der Waals surface area (Å²) in [6, 6.07) is 12.5. The molecule has 0 saturated heterocycles. The van der Waals surface area contributed by atoms with Gasteiger partial charge >= 0.3 is 0 Å². The molecule has 1 atom stereocenters. The van der Waals surface area contributed by atoms with Crippen LogP contribution in [0.2, 0.25) is 0 Å². The predicted octanol–water partition coefficient (Wildman–Crippen LogP) is 6.27. The van der Waals surface area contributed by atoms with E-state index in [1.165, 1.54) is 47.1 Å². The SMILES string of the molecule is Cc1ccc(C)c(NC(=O)C(C)Sc2nc3scc(-c4ccc5c(c4)CCCC5)c3c(=O)[nH]2)c1. The van der Waals surface area contributed by atoms with Gasteiger partial charge in [-0.2, -0.15) is 0 Å². The monoisotopic (exact) mass is 489 g/mol. The number of hydrogen-bond donors (Lipinski definition) is 2. The first-order valence-corrected chi connectivity index (χ1v) is 13.3. The third kappa shape index (κ3) is 4.55. The van der Waals surface area contributed by atoms with Gasteiger partial charge in [0.15, 0.2) is 5.16 Å². The summed E-state index contributed by atoms with van der Waals surface area (Å²) in [6.45, 7) is 5.79. The van der Waals surface area contributed by atoms with Crippen LogP contribution in [0.5, 0.6) is 0 Å². The number of rotatable bonds is 5. The lowest BCUT2D eigenvalue weighted by Crippen LogP contribution is -2.23. The Labute approximate surface area is 207 Å². The number of thiophene rings is 1. The van der Waals surface area contributed by atoms with Crippen molar-refractivity contribution in [1.29, 1.82) is 0 Å². The van der Waals surface area contributed by atoms with E-state index >= 15 is 0 Å².